The van der Waals surface area contributed by atoms with E-state index < -0.39 is 11.6 Å². The highest BCUT2D eigenvalue weighted by Gasteiger charge is 2.16. The predicted molar refractivity (Wildman–Crippen MR) is 75.6 cm³/mol. The van der Waals surface area contributed by atoms with Crippen LogP contribution < -0.4 is 5.32 Å². The predicted octanol–water partition coefficient (Wildman–Crippen LogP) is 3.86. The Kier molecular flexibility index (Phi) is 4.27. The maximum Gasteiger partial charge on any atom is 0.168 e. The zero-order chi connectivity index (χ0) is 14.7. The molecule has 0 spiro atoms. The van der Waals surface area contributed by atoms with Gasteiger partial charge in [-0.2, -0.15) is 0 Å². The number of aromatic nitrogens is 2. The van der Waals surface area contributed by atoms with E-state index in [1.807, 2.05) is 6.92 Å². The Bertz CT molecular complexity index is 627. The minimum Gasteiger partial charge on any atom is -0.370 e. The first-order chi connectivity index (χ1) is 9.56. The van der Waals surface area contributed by atoms with Gasteiger partial charge in [0, 0.05) is 17.7 Å². The Morgan fingerprint density at radius 2 is 1.85 bits per heavy atom. The fourth-order valence-corrected chi connectivity index (χ4v) is 1.97. The quantitative estimate of drug-likeness (QED) is 0.922. The highest BCUT2D eigenvalue weighted by atomic mass is 19.2. The number of halogens is 2. The second-order valence-electron chi connectivity index (χ2n) is 4.68. The summed E-state index contributed by atoms with van der Waals surface area (Å²) in [7, 11) is 0. The van der Waals surface area contributed by atoms with Crippen molar-refractivity contribution in [2.45, 2.75) is 27.2 Å². The Balaban J connectivity index is 2.51. The van der Waals surface area contributed by atoms with Crippen LogP contribution in [0.15, 0.2) is 18.5 Å². The van der Waals surface area contributed by atoms with Crippen molar-refractivity contribution in [1.29, 1.82) is 0 Å². The van der Waals surface area contributed by atoms with Crippen molar-refractivity contribution in [3.8, 4) is 11.3 Å². The molecule has 106 valence electrons. The van der Waals surface area contributed by atoms with Gasteiger partial charge >= 0.3 is 0 Å². The van der Waals surface area contributed by atoms with Gasteiger partial charge in [0.2, 0.25) is 0 Å². The van der Waals surface area contributed by atoms with Crippen LogP contribution in [-0.2, 0) is 0 Å². The molecule has 1 aromatic heterocycles. The molecule has 20 heavy (non-hydrogen) atoms. The summed E-state index contributed by atoms with van der Waals surface area (Å²) in [5.41, 5.74) is 1.56. The molecule has 0 atom stereocenters. The molecule has 0 saturated heterocycles. The molecule has 0 radical (unpaired) electrons. The van der Waals surface area contributed by atoms with Gasteiger partial charge in [0.25, 0.3) is 0 Å². The molecule has 5 heteroatoms. The molecule has 0 unspecified atom stereocenters. The number of rotatable bonds is 4. The Hall–Kier alpha value is -2.04. The Morgan fingerprint density at radius 1 is 1.10 bits per heavy atom. The average molecular weight is 277 g/mol. The Morgan fingerprint density at radius 3 is 2.55 bits per heavy atom. The number of nitrogens with one attached hydrogen (secondary N) is 1. The molecule has 1 aromatic carbocycles. The van der Waals surface area contributed by atoms with E-state index in [-0.39, 0.29) is 11.1 Å². The van der Waals surface area contributed by atoms with Gasteiger partial charge in [-0.05, 0) is 31.9 Å². The molecular weight excluding hydrogens is 260 g/mol. The van der Waals surface area contributed by atoms with Crippen molar-refractivity contribution in [2.24, 2.45) is 0 Å². The van der Waals surface area contributed by atoms with Crippen LogP contribution in [0.25, 0.3) is 11.3 Å². The highest BCUT2D eigenvalue weighted by molar-refractivity contribution is 5.68. The number of nitrogens with zero attached hydrogens (tertiary/aromatic N) is 2. The monoisotopic (exact) mass is 277 g/mol. The summed E-state index contributed by atoms with van der Waals surface area (Å²) < 4.78 is 27.7. The van der Waals surface area contributed by atoms with Crippen LogP contribution >= 0.6 is 0 Å². The lowest BCUT2D eigenvalue weighted by Crippen LogP contribution is -2.06. The third-order valence-corrected chi connectivity index (χ3v) is 3.16. The molecule has 1 N–H and O–H groups in total. The second-order valence-corrected chi connectivity index (χ2v) is 4.68. The molecule has 0 saturated carbocycles. The van der Waals surface area contributed by atoms with E-state index in [0.717, 1.165) is 13.0 Å². The molecular formula is C15H17F2N3. The van der Waals surface area contributed by atoms with E-state index in [1.54, 1.807) is 19.1 Å². The maximum absolute atomic E-state index is 14.1. The standard InChI is InChI=1S/C15H17F2N3/c1-4-7-18-15-10(3)14(19-8-20-15)11-6-5-9(2)12(16)13(11)17/h5-6,8H,4,7H2,1-3H3,(H,18,19,20). The van der Waals surface area contributed by atoms with Crippen LogP contribution in [0.4, 0.5) is 14.6 Å². The second kappa shape index (κ2) is 5.94. The topological polar surface area (TPSA) is 37.8 Å². The number of aryl methyl sites for hydroxylation is 1. The van der Waals surface area contributed by atoms with Crippen molar-refractivity contribution in [2.75, 3.05) is 11.9 Å². The Labute approximate surface area is 117 Å². The number of anilines is 1. The summed E-state index contributed by atoms with van der Waals surface area (Å²) in [6, 6.07) is 3.10. The van der Waals surface area contributed by atoms with Crippen LogP contribution in [0.5, 0.6) is 0 Å². The van der Waals surface area contributed by atoms with Gasteiger partial charge in [0.15, 0.2) is 11.6 Å². The number of hydrogen-bond acceptors (Lipinski definition) is 3. The van der Waals surface area contributed by atoms with Gasteiger partial charge in [-0.1, -0.05) is 13.0 Å². The highest BCUT2D eigenvalue weighted by Crippen LogP contribution is 2.29. The average Bonchev–Trinajstić information content (AvgIpc) is 2.45. The molecule has 0 aliphatic rings. The lowest BCUT2D eigenvalue weighted by molar-refractivity contribution is 0.505. The lowest BCUT2D eigenvalue weighted by atomic mass is 10.0. The van der Waals surface area contributed by atoms with E-state index in [2.05, 4.69) is 15.3 Å². The van der Waals surface area contributed by atoms with Gasteiger partial charge in [-0.15, -0.1) is 0 Å². The SMILES string of the molecule is CCCNc1ncnc(-c2ccc(C)c(F)c2F)c1C. The molecule has 0 amide bonds. The smallest absolute Gasteiger partial charge is 0.168 e. The third kappa shape index (κ3) is 2.61. The van der Waals surface area contributed by atoms with Crippen LogP contribution in [-0.4, -0.2) is 16.5 Å². The van der Waals surface area contributed by atoms with Crippen molar-refractivity contribution in [3.05, 3.63) is 41.2 Å². The fourth-order valence-electron chi connectivity index (χ4n) is 1.97. The zero-order valence-electron chi connectivity index (χ0n) is 11.8. The van der Waals surface area contributed by atoms with E-state index in [1.165, 1.54) is 13.3 Å². The van der Waals surface area contributed by atoms with Gasteiger partial charge in [-0.3, -0.25) is 0 Å². The summed E-state index contributed by atoms with van der Waals surface area (Å²) in [5.74, 6) is -1.05. The normalized spacial score (nSPS) is 10.7. The maximum atomic E-state index is 14.1. The van der Waals surface area contributed by atoms with Gasteiger partial charge < -0.3 is 5.32 Å². The number of hydrogen-bond donors (Lipinski definition) is 1. The molecule has 3 nitrogen and oxygen atoms in total. The van der Waals surface area contributed by atoms with E-state index >= 15 is 0 Å². The van der Waals surface area contributed by atoms with E-state index in [4.69, 9.17) is 0 Å². The molecule has 0 aliphatic carbocycles. The first kappa shape index (κ1) is 14.4. The summed E-state index contributed by atoms with van der Waals surface area (Å²) in [4.78, 5) is 8.22. The summed E-state index contributed by atoms with van der Waals surface area (Å²) in [6.45, 7) is 6.13. The summed E-state index contributed by atoms with van der Waals surface area (Å²) >= 11 is 0. The van der Waals surface area contributed by atoms with Gasteiger partial charge in [0.1, 0.15) is 12.1 Å². The zero-order valence-corrected chi connectivity index (χ0v) is 11.8. The van der Waals surface area contributed by atoms with Crippen molar-refractivity contribution < 1.29 is 8.78 Å². The molecule has 0 aliphatic heterocycles. The number of benzene rings is 1. The van der Waals surface area contributed by atoms with Crippen molar-refractivity contribution in [3.63, 3.8) is 0 Å². The molecule has 2 aromatic rings. The minimum atomic E-state index is -0.867. The van der Waals surface area contributed by atoms with Gasteiger partial charge in [0.05, 0.1) is 5.69 Å². The van der Waals surface area contributed by atoms with Gasteiger partial charge in [-0.25, -0.2) is 18.7 Å². The minimum absolute atomic E-state index is 0.160. The van der Waals surface area contributed by atoms with Crippen LogP contribution in [0, 0.1) is 25.5 Å². The first-order valence-corrected chi connectivity index (χ1v) is 6.56. The molecule has 2 rings (SSSR count). The van der Waals surface area contributed by atoms with Crippen LogP contribution in [0.2, 0.25) is 0 Å². The van der Waals surface area contributed by atoms with Crippen molar-refractivity contribution >= 4 is 5.82 Å². The molecule has 0 fully saturated rings. The summed E-state index contributed by atoms with van der Waals surface area (Å²) in [5, 5.41) is 3.15. The summed E-state index contributed by atoms with van der Waals surface area (Å²) in [6.07, 6.45) is 2.31. The van der Waals surface area contributed by atoms with Crippen LogP contribution in [0.3, 0.4) is 0 Å². The fraction of sp³-hybridized carbons (Fsp3) is 0.333. The van der Waals surface area contributed by atoms with Crippen molar-refractivity contribution in [1.82, 2.24) is 9.97 Å². The first-order valence-electron chi connectivity index (χ1n) is 6.56. The third-order valence-electron chi connectivity index (χ3n) is 3.16. The van der Waals surface area contributed by atoms with E-state index in [0.29, 0.717) is 17.1 Å². The molecule has 1 heterocycles. The largest absolute Gasteiger partial charge is 0.370 e. The molecule has 0 bridgehead atoms. The van der Waals surface area contributed by atoms with E-state index in [9.17, 15) is 8.78 Å². The lowest BCUT2D eigenvalue weighted by Gasteiger charge is -2.12. The van der Waals surface area contributed by atoms with Crippen LogP contribution in [0.1, 0.15) is 24.5 Å².